The highest BCUT2D eigenvalue weighted by atomic mass is 16.3. The SMILES string of the molecule is CC(C)CCN=C(N)c1c(O)c2ccccc2[nH]c1=O. The zero-order valence-electron chi connectivity index (χ0n) is 11.7. The normalized spacial score (nSPS) is 12.2. The van der Waals surface area contributed by atoms with Gasteiger partial charge in [0.1, 0.15) is 17.1 Å². The van der Waals surface area contributed by atoms with Crippen molar-refractivity contribution in [2.75, 3.05) is 6.54 Å². The van der Waals surface area contributed by atoms with E-state index in [4.69, 9.17) is 5.73 Å². The highest BCUT2D eigenvalue weighted by Gasteiger charge is 2.14. The van der Waals surface area contributed by atoms with Crippen molar-refractivity contribution in [3.8, 4) is 5.75 Å². The van der Waals surface area contributed by atoms with Crippen molar-refractivity contribution in [1.29, 1.82) is 0 Å². The minimum Gasteiger partial charge on any atom is -0.506 e. The number of amidine groups is 1. The number of nitrogens with two attached hydrogens (primary N) is 1. The second-order valence-corrected chi connectivity index (χ2v) is 5.17. The molecule has 106 valence electrons. The molecule has 5 heteroatoms. The van der Waals surface area contributed by atoms with E-state index in [1.807, 2.05) is 0 Å². The predicted molar refractivity (Wildman–Crippen MR) is 81.3 cm³/mol. The lowest BCUT2D eigenvalue weighted by molar-refractivity contribution is 0.479. The van der Waals surface area contributed by atoms with Crippen LogP contribution in [0.3, 0.4) is 0 Å². The maximum Gasteiger partial charge on any atom is 0.263 e. The molecular formula is C15H19N3O2. The van der Waals surface area contributed by atoms with E-state index in [1.165, 1.54) is 0 Å². The number of nitrogens with zero attached hydrogens (tertiary/aromatic N) is 1. The summed E-state index contributed by atoms with van der Waals surface area (Å²) in [4.78, 5) is 18.9. The number of fused-ring (bicyclic) bond motifs is 1. The van der Waals surface area contributed by atoms with Crippen LogP contribution >= 0.6 is 0 Å². The molecule has 20 heavy (non-hydrogen) atoms. The summed E-state index contributed by atoms with van der Waals surface area (Å²) >= 11 is 0. The van der Waals surface area contributed by atoms with Gasteiger partial charge >= 0.3 is 0 Å². The molecule has 0 amide bonds. The third-order valence-electron chi connectivity index (χ3n) is 3.14. The molecule has 4 N–H and O–H groups in total. The lowest BCUT2D eigenvalue weighted by Crippen LogP contribution is -2.25. The van der Waals surface area contributed by atoms with E-state index < -0.39 is 5.56 Å². The Bertz CT molecular complexity index is 702. The maximum absolute atomic E-state index is 12.0. The monoisotopic (exact) mass is 273 g/mol. The first-order valence-corrected chi connectivity index (χ1v) is 6.65. The van der Waals surface area contributed by atoms with Crippen LogP contribution in [0.15, 0.2) is 34.1 Å². The Kier molecular flexibility index (Phi) is 4.08. The van der Waals surface area contributed by atoms with Crippen molar-refractivity contribution in [3.63, 3.8) is 0 Å². The van der Waals surface area contributed by atoms with E-state index in [1.54, 1.807) is 24.3 Å². The van der Waals surface area contributed by atoms with Gasteiger partial charge in [0.2, 0.25) is 0 Å². The molecule has 0 bridgehead atoms. The molecule has 0 aliphatic heterocycles. The Hall–Kier alpha value is -2.30. The Labute approximate surface area is 117 Å². The number of aromatic nitrogens is 1. The fourth-order valence-electron chi connectivity index (χ4n) is 1.99. The Morgan fingerprint density at radius 2 is 2.10 bits per heavy atom. The average Bonchev–Trinajstić information content (AvgIpc) is 2.38. The Morgan fingerprint density at radius 3 is 2.80 bits per heavy atom. The topological polar surface area (TPSA) is 91.5 Å². The molecule has 0 radical (unpaired) electrons. The van der Waals surface area contributed by atoms with E-state index in [2.05, 4.69) is 23.8 Å². The number of aliphatic imine (C=N–C) groups is 1. The predicted octanol–water partition coefficient (Wildman–Crippen LogP) is 1.99. The third-order valence-corrected chi connectivity index (χ3v) is 3.14. The van der Waals surface area contributed by atoms with Gasteiger partial charge in [-0.15, -0.1) is 0 Å². The summed E-state index contributed by atoms with van der Waals surface area (Å²) in [6, 6.07) is 7.03. The van der Waals surface area contributed by atoms with Crippen molar-refractivity contribution >= 4 is 16.7 Å². The fraction of sp³-hybridized carbons (Fsp3) is 0.333. The van der Waals surface area contributed by atoms with E-state index in [9.17, 15) is 9.90 Å². The lowest BCUT2D eigenvalue weighted by atomic mass is 10.1. The van der Waals surface area contributed by atoms with Crippen LogP contribution < -0.4 is 11.3 Å². The van der Waals surface area contributed by atoms with Crippen LogP contribution in [0.4, 0.5) is 0 Å². The number of hydrogen-bond donors (Lipinski definition) is 3. The number of aromatic amines is 1. The van der Waals surface area contributed by atoms with Crippen LogP contribution in [0.2, 0.25) is 0 Å². The van der Waals surface area contributed by atoms with Crippen LogP contribution in [0.25, 0.3) is 10.9 Å². The van der Waals surface area contributed by atoms with Gasteiger partial charge < -0.3 is 15.8 Å². The molecule has 0 fully saturated rings. The molecule has 0 saturated carbocycles. The number of aromatic hydroxyl groups is 1. The molecule has 5 nitrogen and oxygen atoms in total. The molecule has 1 aromatic heterocycles. The smallest absolute Gasteiger partial charge is 0.263 e. The van der Waals surface area contributed by atoms with Gasteiger partial charge in [0.15, 0.2) is 0 Å². The van der Waals surface area contributed by atoms with Crippen molar-refractivity contribution < 1.29 is 5.11 Å². The van der Waals surface area contributed by atoms with Gasteiger partial charge in [-0.05, 0) is 24.5 Å². The molecule has 2 aromatic rings. The van der Waals surface area contributed by atoms with Crippen LogP contribution in [0.5, 0.6) is 5.75 Å². The van der Waals surface area contributed by atoms with Gasteiger partial charge in [0.05, 0.1) is 5.52 Å². The highest BCUT2D eigenvalue weighted by Crippen LogP contribution is 2.24. The summed E-state index contributed by atoms with van der Waals surface area (Å²) < 4.78 is 0. The summed E-state index contributed by atoms with van der Waals surface area (Å²) in [6.45, 7) is 4.72. The van der Waals surface area contributed by atoms with Crippen molar-refractivity contribution in [3.05, 3.63) is 40.2 Å². The zero-order valence-corrected chi connectivity index (χ0v) is 11.7. The van der Waals surface area contributed by atoms with Gasteiger partial charge in [0.25, 0.3) is 5.56 Å². The molecule has 1 aromatic carbocycles. The number of hydrogen-bond acceptors (Lipinski definition) is 3. The second kappa shape index (κ2) is 5.77. The van der Waals surface area contributed by atoms with Crippen LogP contribution in [0, 0.1) is 5.92 Å². The van der Waals surface area contributed by atoms with E-state index in [0.29, 0.717) is 23.4 Å². The number of nitrogens with one attached hydrogen (secondary N) is 1. The quantitative estimate of drug-likeness (QED) is 0.587. The standard InChI is InChI=1S/C15H19N3O2/c1-9(2)7-8-17-14(16)12-13(19)10-5-3-4-6-11(10)18-15(12)20/h3-6,9H,7-8H2,1-2H3,(H2,16,17)(H2,18,19,20). The number of pyridine rings is 1. The molecule has 0 aliphatic carbocycles. The molecule has 2 rings (SSSR count). The summed E-state index contributed by atoms with van der Waals surface area (Å²) in [5, 5.41) is 10.8. The number of benzene rings is 1. The molecule has 0 atom stereocenters. The first-order valence-electron chi connectivity index (χ1n) is 6.65. The van der Waals surface area contributed by atoms with Gasteiger partial charge in [-0.2, -0.15) is 0 Å². The number of rotatable bonds is 4. The van der Waals surface area contributed by atoms with Crippen molar-refractivity contribution in [2.45, 2.75) is 20.3 Å². The van der Waals surface area contributed by atoms with Crippen LogP contribution in [-0.2, 0) is 0 Å². The minimum absolute atomic E-state index is 0.0486. The Balaban J connectivity index is 2.46. The van der Waals surface area contributed by atoms with Crippen molar-refractivity contribution in [2.24, 2.45) is 16.6 Å². The molecule has 0 unspecified atom stereocenters. The zero-order chi connectivity index (χ0) is 14.7. The molecule has 0 spiro atoms. The summed E-state index contributed by atoms with van der Waals surface area (Å²) in [7, 11) is 0. The average molecular weight is 273 g/mol. The molecule has 1 heterocycles. The van der Waals surface area contributed by atoms with Gasteiger partial charge in [-0.1, -0.05) is 26.0 Å². The summed E-state index contributed by atoms with van der Waals surface area (Å²) in [5.41, 5.74) is 6.05. The lowest BCUT2D eigenvalue weighted by Gasteiger charge is -2.07. The third kappa shape index (κ3) is 2.82. The van der Waals surface area contributed by atoms with Gasteiger partial charge in [-0.3, -0.25) is 9.79 Å². The summed E-state index contributed by atoms with van der Waals surface area (Å²) in [6.07, 6.45) is 0.882. The summed E-state index contributed by atoms with van der Waals surface area (Å²) in [5.74, 6) is 0.473. The van der Waals surface area contributed by atoms with Gasteiger partial charge in [0, 0.05) is 11.9 Å². The van der Waals surface area contributed by atoms with Crippen molar-refractivity contribution in [1.82, 2.24) is 4.98 Å². The second-order valence-electron chi connectivity index (χ2n) is 5.17. The van der Waals surface area contributed by atoms with E-state index in [0.717, 1.165) is 6.42 Å². The maximum atomic E-state index is 12.0. The fourth-order valence-corrected chi connectivity index (χ4v) is 1.99. The number of H-pyrrole nitrogens is 1. The van der Waals surface area contributed by atoms with E-state index >= 15 is 0 Å². The minimum atomic E-state index is -0.424. The van der Waals surface area contributed by atoms with Crippen LogP contribution in [-0.4, -0.2) is 22.5 Å². The largest absolute Gasteiger partial charge is 0.506 e. The molecule has 0 aliphatic rings. The van der Waals surface area contributed by atoms with Gasteiger partial charge in [-0.25, -0.2) is 0 Å². The Morgan fingerprint density at radius 1 is 1.40 bits per heavy atom. The molecule has 0 saturated heterocycles. The first kappa shape index (κ1) is 14.1. The number of para-hydroxylation sites is 1. The van der Waals surface area contributed by atoms with Crippen LogP contribution in [0.1, 0.15) is 25.8 Å². The van der Waals surface area contributed by atoms with E-state index in [-0.39, 0.29) is 17.1 Å². The molecular weight excluding hydrogens is 254 g/mol. The first-order chi connectivity index (χ1) is 9.50. The highest BCUT2D eigenvalue weighted by molar-refractivity contribution is 6.04.